The molecule has 1 amide bonds. The molecule has 4 rings (SSSR count). The van der Waals surface area contributed by atoms with E-state index in [2.05, 4.69) is 32.4 Å². The summed E-state index contributed by atoms with van der Waals surface area (Å²) in [5.74, 6) is 0.786. The molecule has 30 heavy (non-hydrogen) atoms. The lowest BCUT2D eigenvalue weighted by atomic mass is 10.0. The minimum absolute atomic E-state index is 0.0555. The average molecular weight is 406 g/mol. The number of carbonyl (C=O) groups excluding carboxylic acids is 1. The van der Waals surface area contributed by atoms with E-state index in [9.17, 15) is 4.79 Å². The second kappa shape index (κ2) is 9.54. The number of nitrogens with zero attached hydrogens (tertiary/aromatic N) is 4. The van der Waals surface area contributed by atoms with E-state index in [4.69, 9.17) is 4.74 Å². The standard InChI is InChI=1S/C23H27N5O2/c1-30-21-10-8-19(9-11-21)22(27-12-2-3-13-27)14-25-23(29)20-6-4-18(5-7-20)15-28-17-24-16-26-28/h4-11,16-17,22H,2-3,12-15H2,1H3,(H,25,29). The minimum atomic E-state index is -0.0555. The van der Waals surface area contributed by atoms with Crippen LogP contribution in [0.1, 0.15) is 40.4 Å². The highest BCUT2D eigenvalue weighted by Gasteiger charge is 2.24. The SMILES string of the molecule is COc1ccc(C(CNC(=O)c2ccc(Cn3cncn3)cc2)N2CCCC2)cc1. The first-order valence-electron chi connectivity index (χ1n) is 10.3. The van der Waals surface area contributed by atoms with Gasteiger partial charge in [0.2, 0.25) is 0 Å². The molecule has 1 atom stereocenters. The summed E-state index contributed by atoms with van der Waals surface area (Å²) in [6, 6.07) is 15.9. The van der Waals surface area contributed by atoms with Crippen molar-refractivity contribution < 1.29 is 9.53 Å². The number of aromatic nitrogens is 3. The van der Waals surface area contributed by atoms with E-state index < -0.39 is 0 Å². The zero-order valence-corrected chi connectivity index (χ0v) is 17.2. The van der Waals surface area contributed by atoms with Crippen LogP contribution in [-0.2, 0) is 6.54 Å². The summed E-state index contributed by atoms with van der Waals surface area (Å²) in [5, 5.41) is 7.24. The number of likely N-dealkylation sites (tertiary alicyclic amines) is 1. The zero-order chi connectivity index (χ0) is 20.8. The zero-order valence-electron chi connectivity index (χ0n) is 17.2. The lowest BCUT2D eigenvalue weighted by Crippen LogP contribution is -2.36. The van der Waals surface area contributed by atoms with Crippen LogP contribution >= 0.6 is 0 Å². The van der Waals surface area contributed by atoms with Crippen LogP contribution in [-0.4, -0.2) is 52.3 Å². The van der Waals surface area contributed by atoms with Crippen LogP contribution in [0, 0.1) is 0 Å². The third-order valence-electron chi connectivity index (χ3n) is 5.57. The van der Waals surface area contributed by atoms with Gasteiger partial charge >= 0.3 is 0 Å². The monoisotopic (exact) mass is 405 g/mol. The van der Waals surface area contributed by atoms with E-state index in [1.165, 1.54) is 24.7 Å². The molecule has 7 heteroatoms. The van der Waals surface area contributed by atoms with Crippen molar-refractivity contribution in [2.24, 2.45) is 0 Å². The first-order valence-corrected chi connectivity index (χ1v) is 10.3. The second-order valence-corrected chi connectivity index (χ2v) is 7.53. The van der Waals surface area contributed by atoms with Gasteiger partial charge in [-0.2, -0.15) is 5.10 Å². The Bertz CT molecular complexity index is 933. The minimum Gasteiger partial charge on any atom is -0.497 e. The molecule has 1 N–H and O–H groups in total. The fourth-order valence-corrected chi connectivity index (χ4v) is 3.89. The first kappa shape index (κ1) is 20.1. The van der Waals surface area contributed by atoms with Crippen LogP contribution in [0.5, 0.6) is 5.75 Å². The predicted molar refractivity (Wildman–Crippen MR) is 114 cm³/mol. The predicted octanol–water partition coefficient (Wildman–Crippen LogP) is 2.90. The Labute approximate surface area is 176 Å². The van der Waals surface area contributed by atoms with Crippen molar-refractivity contribution in [1.82, 2.24) is 25.0 Å². The van der Waals surface area contributed by atoms with Crippen LogP contribution < -0.4 is 10.1 Å². The highest BCUT2D eigenvalue weighted by Crippen LogP contribution is 2.26. The van der Waals surface area contributed by atoms with Gasteiger partial charge < -0.3 is 10.1 Å². The first-order chi connectivity index (χ1) is 14.7. The van der Waals surface area contributed by atoms with E-state index in [0.717, 1.165) is 24.4 Å². The molecule has 0 saturated carbocycles. The third kappa shape index (κ3) is 4.86. The van der Waals surface area contributed by atoms with E-state index in [0.29, 0.717) is 18.7 Å². The highest BCUT2D eigenvalue weighted by atomic mass is 16.5. The van der Waals surface area contributed by atoms with Gasteiger partial charge in [0.05, 0.1) is 19.7 Å². The lowest BCUT2D eigenvalue weighted by Gasteiger charge is -2.28. The Hall–Kier alpha value is -3.19. The molecule has 7 nitrogen and oxygen atoms in total. The summed E-state index contributed by atoms with van der Waals surface area (Å²) in [7, 11) is 1.67. The summed E-state index contributed by atoms with van der Waals surface area (Å²) < 4.78 is 7.04. The van der Waals surface area contributed by atoms with Gasteiger partial charge in [0.25, 0.3) is 5.91 Å². The molecule has 3 aromatic rings. The Kier molecular flexibility index (Phi) is 6.39. The molecule has 156 valence electrons. The third-order valence-corrected chi connectivity index (χ3v) is 5.57. The van der Waals surface area contributed by atoms with Crippen LogP contribution in [0.4, 0.5) is 0 Å². The summed E-state index contributed by atoms with van der Waals surface area (Å²) in [6.45, 7) is 3.33. The quantitative estimate of drug-likeness (QED) is 0.624. The molecule has 0 bridgehead atoms. The fourth-order valence-electron chi connectivity index (χ4n) is 3.89. The number of hydrogen-bond donors (Lipinski definition) is 1. The topological polar surface area (TPSA) is 72.3 Å². The molecule has 2 aromatic carbocycles. The number of rotatable bonds is 8. The van der Waals surface area contributed by atoms with E-state index in [1.54, 1.807) is 18.1 Å². The molecule has 0 aliphatic carbocycles. The maximum absolute atomic E-state index is 12.7. The van der Waals surface area contributed by atoms with Gasteiger partial charge in [-0.3, -0.25) is 9.69 Å². The molecule has 0 spiro atoms. The second-order valence-electron chi connectivity index (χ2n) is 7.53. The molecule has 1 saturated heterocycles. The number of benzene rings is 2. The van der Waals surface area contributed by atoms with Gasteiger partial charge in [-0.15, -0.1) is 0 Å². The number of hydrogen-bond acceptors (Lipinski definition) is 5. The summed E-state index contributed by atoms with van der Waals surface area (Å²) >= 11 is 0. The van der Waals surface area contributed by atoms with Crippen LogP contribution in [0.25, 0.3) is 0 Å². The van der Waals surface area contributed by atoms with Crippen molar-refractivity contribution >= 4 is 5.91 Å². The van der Waals surface area contributed by atoms with Gasteiger partial charge in [0, 0.05) is 12.1 Å². The van der Waals surface area contributed by atoms with Gasteiger partial charge in [-0.25, -0.2) is 9.67 Å². The van der Waals surface area contributed by atoms with Gasteiger partial charge in [-0.05, 0) is 61.3 Å². The number of ether oxygens (including phenoxy) is 1. The molecule has 0 radical (unpaired) electrons. The van der Waals surface area contributed by atoms with Crippen LogP contribution in [0.2, 0.25) is 0 Å². The molecule has 1 aromatic heterocycles. The Morgan fingerprint density at radius 1 is 1.10 bits per heavy atom. The molecule has 1 unspecified atom stereocenters. The molecule has 1 aliphatic heterocycles. The number of methoxy groups -OCH3 is 1. The summed E-state index contributed by atoms with van der Waals surface area (Å²) in [4.78, 5) is 19.1. The Morgan fingerprint density at radius 3 is 2.47 bits per heavy atom. The van der Waals surface area contributed by atoms with Crippen molar-refractivity contribution in [2.45, 2.75) is 25.4 Å². The maximum atomic E-state index is 12.7. The van der Waals surface area contributed by atoms with Crippen molar-refractivity contribution in [2.75, 3.05) is 26.7 Å². The number of amides is 1. The normalized spacial score (nSPS) is 15.1. The van der Waals surface area contributed by atoms with Crippen molar-refractivity contribution in [1.29, 1.82) is 0 Å². The van der Waals surface area contributed by atoms with Crippen molar-refractivity contribution in [3.05, 3.63) is 77.9 Å². The number of nitrogens with one attached hydrogen (secondary N) is 1. The van der Waals surface area contributed by atoms with Crippen molar-refractivity contribution in [3.8, 4) is 5.75 Å². The van der Waals surface area contributed by atoms with Gasteiger partial charge in [-0.1, -0.05) is 24.3 Å². The fraction of sp³-hybridized carbons (Fsp3) is 0.348. The maximum Gasteiger partial charge on any atom is 0.251 e. The van der Waals surface area contributed by atoms with E-state index in [-0.39, 0.29) is 11.9 Å². The smallest absolute Gasteiger partial charge is 0.251 e. The molecule has 1 fully saturated rings. The lowest BCUT2D eigenvalue weighted by molar-refractivity contribution is 0.0938. The van der Waals surface area contributed by atoms with Crippen LogP contribution in [0.15, 0.2) is 61.2 Å². The van der Waals surface area contributed by atoms with Crippen LogP contribution in [0.3, 0.4) is 0 Å². The van der Waals surface area contributed by atoms with E-state index in [1.807, 2.05) is 36.4 Å². The average Bonchev–Trinajstić information content (AvgIpc) is 3.49. The Balaban J connectivity index is 1.40. The van der Waals surface area contributed by atoms with Gasteiger partial charge in [0.1, 0.15) is 18.4 Å². The summed E-state index contributed by atoms with van der Waals surface area (Å²) in [6.07, 6.45) is 5.60. The molecule has 2 heterocycles. The molecular weight excluding hydrogens is 378 g/mol. The Morgan fingerprint density at radius 2 is 1.83 bits per heavy atom. The van der Waals surface area contributed by atoms with Gasteiger partial charge in [0.15, 0.2) is 0 Å². The molecule has 1 aliphatic rings. The van der Waals surface area contributed by atoms with Crippen molar-refractivity contribution in [3.63, 3.8) is 0 Å². The molecular formula is C23H27N5O2. The largest absolute Gasteiger partial charge is 0.497 e. The highest BCUT2D eigenvalue weighted by molar-refractivity contribution is 5.94. The summed E-state index contributed by atoms with van der Waals surface area (Å²) in [5.41, 5.74) is 2.93. The van der Waals surface area contributed by atoms with E-state index >= 15 is 0 Å². The number of carbonyl (C=O) groups is 1.